The first-order valence-electron chi connectivity index (χ1n) is 7.11. The molecule has 0 saturated carbocycles. The minimum atomic E-state index is -1.10. The van der Waals surface area contributed by atoms with Gasteiger partial charge in [-0.05, 0) is 6.42 Å². The summed E-state index contributed by atoms with van der Waals surface area (Å²) < 4.78 is 0. The van der Waals surface area contributed by atoms with E-state index in [0.717, 1.165) is 0 Å². The Morgan fingerprint density at radius 1 is 1.29 bits per heavy atom. The predicted molar refractivity (Wildman–Crippen MR) is 75.5 cm³/mol. The van der Waals surface area contributed by atoms with Gasteiger partial charge in [-0.2, -0.15) is 0 Å². The molecule has 0 aromatic heterocycles. The summed E-state index contributed by atoms with van der Waals surface area (Å²) in [5.74, 6) is -1.49. The van der Waals surface area contributed by atoms with Crippen LogP contribution in [0.5, 0.6) is 0 Å². The summed E-state index contributed by atoms with van der Waals surface area (Å²) in [4.78, 5) is 35.9. The number of aliphatic hydroxyl groups is 1. The maximum absolute atomic E-state index is 12.0. The van der Waals surface area contributed by atoms with Crippen molar-refractivity contribution in [3.63, 3.8) is 0 Å². The number of rotatable bonds is 5. The third kappa shape index (κ3) is 5.00. The van der Waals surface area contributed by atoms with Gasteiger partial charge in [-0.15, -0.1) is 0 Å². The monoisotopic (exact) mass is 300 g/mol. The van der Waals surface area contributed by atoms with Crippen molar-refractivity contribution in [3.8, 4) is 0 Å². The Balaban J connectivity index is 2.37. The number of nitrogens with zero attached hydrogens (tertiary/aromatic N) is 1. The molecule has 1 aliphatic heterocycles. The zero-order valence-corrected chi connectivity index (χ0v) is 12.8. The number of β-amino-alcohol motifs (C(OH)–C–C–N with tert-alkyl or cyclic N) is 1. The third-order valence-corrected chi connectivity index (χ3v) is 3.42. The molecular weight excluding hydrogens is 276 g/mol. The maximum atomic E-state index is 12.0. The number of aliphatic hydroxyl groups excluding tert-OH is 1. The second-order valence-electron chi connectivity index (χ2n) is 6.40. The predicted octanol–water partition coefficient (Wildman–Crippen LogP) is -0.0247. The number of hydrogen-bond donors (Lipinski definition) is 3. The normalized spacial score (nSPS) is 22.2. The first-order chi connectivity index (χ1) is 9.62. The Bertz CT molecular complexity index is 416. The highest BCUT2D eigenvalue weighted by Gasteiger charge is 2.38. The van der Waals surface area contributed by atoms with Crippen LogP contribution in [0.2, 0.25) is 0 Å². The van der Waals surface area contributed by atoms with E-state index >= 15 is 0 Å². The molecule has 7 nitrogen and oxygen atoms in total. The Hall–Kier alpha value is -1.63. The first-order valence-corrected chi connectivity index (χ1v) is 7.11. The van der Waals surface area contributed by atoms with Crippen LogP contribution in [0.3, 0.4) is 0 Å². The summed E-state index contributed by atoms with van der Waals surface area (Å²) in [6, 6.07) is -0.948. The van der Waals surface area contributed by atoms with Gasteiger partial charge >= 0.3 is 5.97 Å². The summed E-state index contributed by atoms with van der Waals surface area (Å²) in [5, 5.41) is 21.2. The average molecular weight is 300 g/mol. The molecule has 1 heterocycles. The van der Waals surface area contributed by atoms with Crippen molar-refractivity contribution >= 4 is 17.8 Å². The molecule has 3 N–H and O–H groups in total. The summed E-state index contributed by atoms with van der Waals surface area (Å²) >= 11 is 0. The zero-order chi connectivity index (χ0) is 16.2. The number of amides is 2. The first kappa shape index (κ1) is 17.4. The van der Waals surface area contributed by atoms with Crippen LogP contribution in [0.1, 0.15) is 40.0 Å². The van der Waals surface area contributed by atoms with Gasteiger partial charge in [-0.25, -0.2) is 4.79 Å². The van der Waals surface area contributed by atoms with Crippen molar-refractivity contribution in [2.45, 2.75) is 52.2 Å². The fraction of sp³-hybridized carbons (Fsp3) is 0.786. The molecule has 21 heavy (non-hydrogen) atoms. The van der Waals surface area contributed by atoms with E-state index in [1.807, 2.05) is 0 Å². The van der Waals surface area contributed by atoms with E-state index in [4.69, 9.17) is 5.11 Å². The highest BCUT2D eigenvalue weighted by atomic mass is 16.4. The smallest absolute Gasteiger partial charge is 0.326 e. The van der Waals surface area contributed by atoms with Crippen LogP contribution >= 0.6 is 0 Å². The highest BCUT2D eigenvalue weighted by Crippen LogP contribution is 2.19. The molecule has 0 aromatic rings. The largest absolute Gasteiger partial charge is 0.480 e. The van der Waals surface area contributed by atoms with Crippen LogP contribution in [0.25, 0.3) is 0 Å². The van der Waals surface area contributed by atoms with Crippen molar-refractivity contribution in [2.24, 2.45) is 5.41 Å². The SMILES string of the molecule is CC(C)(C)C(=O)NCCCC(=O)N1CC(O)CC1C(=O)O. The molecule has 1 fully saturated rings. The van der Waals surface area contributed by atoms with Gasteiger partial charge in [0.2, 0.25) is 11.8 Å². The zero-order valence-electron chi connectivity index (χ0n) is 12.8. The molecule has 0 aliphatic carbocycles. The van der Waals surface area contributed by atoms with Gasteiger partial charge in [-0.1, -0.05) is 20.8 Å². The number of aliphatic carboxylic acids is 1. The average Bonchev–Trinajstić information content (AvgIpc) is 2.75. The summed E-state index contributed by atoms with van der Waals surface area (Å²) in [7, 11) is 0. The highest BCUT2D eigenvalue weighted by molar-refractivity contribution is 5.84. The van der Waals surface area contributed by atoms with E-state index in [1.165, 1.54) is 4.90 Å². The Morgan fingerprint density at radius 3 is 2.43 bits per heavy atom. The minimum absolute atomic E-state index is 0.0597. The van der Waals surface area contributed by atoms with Crippen LogP contribution in [0, 0.1) is 5.41 Å². The second kappa shape index (κ2) is 6.89. The van der Waals surface area contributed by atoms with Gasteiger partial charge in [0, 0.05) is 31.3 Å². The lowest BCUT2D eigenvalue weighted by Crippen LogP contribution is -2.41. The number of nitrogens with one attached hydrogen (secondary N) is 1. The molecule has 120 valence electrons. The van der Waals surface area contributed by atoms with E-state index in [1.54, 1.807) is 20.8 Å². The number of likely N-dealkylation sites (tertiary alicyclic amines) is 1. The van der Waals surface area contributed by atoms with Gasteiger partial charge in [-0.3, -0.25) is 9.59 Å². The molecule has 2 atom stereocenters. The summed E-state index contributed by atoms with van der Waals surface area (Å²) in [6.45, 7) is 5.84. The molecule has 0 aromatic carbocycles. The number of carboxylic acid groups (broad SMARTS) is 1. The Morgan fingerprint density at radius 2 is 1.90 bits per heavy atom. The molecule has 0 bridgehead atoms. The number of carboxylic acids is 1. The van der Waals surface area contributed by atoms with Crippen LogP contribution in [-0.4, -0.2) is 58.1 Å². The van der Waals surface area contributed by atoms with Crippen LogP contribution < -0.4 is 5.32 Å². The summed E-state index contributed by atoms with van der Waals surface area (Å²) in [5.41, 5.74) is -0.475. The molecule has 1 rings (SSSR count). The van der Waals surface area contributed by atoms with Crippen molar-refractivity contribution in [1.82, 2.24) is 10.2 Å². The fourth-order valence-electron chi connectivity index (χ4n) is 2.17. The van der Waals surface area contributed by atoms with Crippen molar-refractivity contribution < 1.29 is 24.6 Å². The van der Waals surface area contributed by atoms with Crippen molar-refractivity contribution in [2.75, 3.05) is 13.1 Å². The van der Waals surface area contributed by atoms with Gasteiger partial charge in [0.15, 0.2) is 0 Å². The number of carbonyl (C=O) groups excluding carboxylic acids is 2. The van der Waals surface area contributed by atoms with E-state index in [2.05, 4.69) is 5.32 Å². The molecule has 1 aliphatic rings. The molecule has 0 radical (unpaired) electrons. The van der Waals surface area contributed by atoms with Crippen LogP contribution in [-0.2, 0) is 14.4 Å². The van der Waals surface area contributed by atoms with E-state index in [9.17, 15) is 19.5 Å². The number of carbonyl (C=O) groups is 3. The molecule has 2 unspecified atom stereocenters. The Kier molecular flexibility index (Phi) is 5.71. The van der Waals surface area contributed by atoms with E-state index < -0.39 is 23.5 Å². The quantitative estimate of drug-likeness (QED) is 0.618. The van der Waals surface area contributed by atoms with Crippen molar-refractivity contribution in [3.05, 3.63) is 0 Å². The van der Waals surface area contributed by atoms with E-state index in [-0.39, 0.29) is 31.2 Å². The summed E-state index contributed by atoms with van der Waals surface area (Å²) in [6.07, 6.45) is -0.113. The van der Waals surface area contributed by atoms with E-state index in [0.29, 0.717) is 13.0 Å². The molecule has 7 heteroatoms. The Labute approximate surface area is 124 Å². The lowest BCUT2D eigenvalue weighted by atomic mass is 9.96. The van der Waals surface area contributed by atoms with Crippen LogP contribution in [0.4, 0.5) is 0 Å². The fourth-order valence-corrected chi connectivity index (χ4v) is 2.17. The van der Waals surface area contributed by atoms with Gasteiger partial charge < -0.3 is 20.4 Å². The standard InChI is InChI=1S/C14H24N2O5/c1-14(2,3)13(21)15-6-4-5-11(18)16-8-9(17)7-10(16)12(19)20/h9-10,17H,4-8H2,1-3H3,(H,15,21)(H,19,20). The molecule has 1 saturated heterocycles. The minimum Gasteiger partial charge on any atom is -0.480 e. The van der Waals surface area contributed by atoms with Gasteiger partial charge in [0.25, 0.3) is 0 Å². The van der Waals surface area contributed by atoms with Gasteiger partial charge in [0.1, 0.15) is 6.04 Å². The topological polar surface area (TPSA) is 107 Å². The lowest BCUT2D eigenvalue weighted by Gasteiger charge is -2.21. The molecule has 0 spiro atoms. The van der Waals surface area contributed by atoms with Gasteiger partial charge in [0.05, 0.1) is 6.10 Å². The molecule has 2 amide bonds. The maximum Gasteiger partial charge on any atom is 0.326 e. The van der Waals surface area contributed by atoms with Crippen LogP contribution in [0.15, 0.2) is 0 Å². The molecular formula is C14H24N2O5. The number of hydrogen-bond acceptors (Lipinski definition) is 4. The second-order valence-corrected chi connectivity index (χ2v) is 6.40. The lowest BCUT2D eigenvalue weighted by molar-refractivity contribution is -0.148. The van der Waals surface area contributed by atoms with Crippen molar-refractivity contribution in [1.29, 1.82) is 0 Å². The third-order valence-electron chi connectivity index (χ3n) is 3.42.